The van der Waals surface area contributed by atoms with Gasteiger partial charge in [0.2, 0.25) is 0 Å². The summed E-state index contributed by atoms with van der Waals surface area (Å²) in [5.74, 6) is 0.365. The first-order valence-corrected chi connectivity index (χ1v) is 6.82. The average Bonchev–Trinajstić information content (AvgIpc) is 2.34. The van der Waals surface area contributed by atoms with E-state index in [0.29, 0.717) is 22.0 Å². The Labute approximate surface area is 118 Å². The molecule has 0 amide bonds. The maximum atomic E-state index is 11.2. The Hall–Kier alpha value is -2.33. The Balaban J connectivity index is 2.29. The number of pyridine rings is 1. The fraction of sp³-hybridized carbons (Fsp3) is 0.231. The zero-order chi connectivity index (χ0) is 14.7. The van der Waals surface area contributed by atoms with Crippen LogP contribution in [0.3, 0.4) is 0 Å². The number of aryl methyl sites for hydroxylation is 2. The minimum absolute atomic E-state index is 0.365. The smallest absolute Gasteiger partial charge is 0.310 e. The van der Waals surface area contributed by atoms with Gasteiger partial charge in [-0.25, -0.2) is 9.78 Å². The predicted octanol–water partition coefficient (Wildman–Crippen LogP) is 1.24. The molecule has 7 heteroatoms. The molecular weight excluding hydrogens is 276 g/mol. The van der Waals surface area contributed by atoms with Gasteiger partial charge in [0.15, 0.2) is 0 Å². The van der Waals surface area contributed by atoms with Crippen molar-refractivity contribution in [2.24, 2.45) is 0 Å². The second kappa shape index (κ2) is 5.75. The molecule has 0 aromatic carbocycles. The monoisotopic (exact) mass is 288 g/mol. The van der Waals surface area contributed by atoms with Gasteiger partial charge < -0.3 is 4.98 Å². The Morgan fingerprint density at radius 2 is 2.05 bits per heavy atom. The lowest BCUT2D eigenvalue weighted by Crippen LogP contribution is -2.22. The highest BCUT2D eigenvalue weighted by Gasteiger charge is 2.09. The summed E-state index contributed by atoms with van der Waals surface area (Å²) in [4.78, 5) is 31.3. The minimum atomic E-state index is -0.540. The van der Waals surface area contributed by atoms with E-state index >= 15 is 0 Å². The van der Waals surface area contributed by atoms with Crippen molar-refractivity contribution >= 4 is 11.8 Å². The van der Waals surface area contributed by atoms with E-state index < -0.39 is 11.2 Å². The lowest BCUT2D eigenvalue weighted by Gasteiger charge is -2.07. The first-order valence-electron chi connectivity index (χ1n) is 5.83. The van der Waals surface area contributed by atoms with Gasteiger partial charge in [0.25, 0.3) is 5.56 Å². The Bertz CT molecular complexity index is 773. The maximum absolute atomic E-state index is 11.2. The molecule has 0 unspecified atom stereocenters. The summed E-state index contributed by atoms with van der Waals surface area (Å²) >= 11 is 1.31. The summed E-state index contributed by atoms with van der Waals surface area (Å²) in [7, 11) is 0. The normalized spacial score (nSPS) is 10.2. The van der Waals surface area contributed by atoms with Gasteiger partial charge >= 0.3 is 5.69 Å². The minimum Gasteiger partial charge on any atom is -0.310 e. The van der Waals surface area contributed by atoms with Crippen molar-refractivity contribution in [3.8, 4) is 6.07 Å². The molecule has 2 heterocycles. The Morgan fingerprint density at radius 1 is 1.30 bits per heavy atom. The second-order valence-electron chi connectivity index (χ2n) is 4.27. The van der Waals surface area contributed by atoms with E-state index in [1.807, 2.05) is 19.9 Å². The number of thioether (sulfide) groups is 1. The summed E-state index contributed by atoms with van der Waals surface area (Å²) < 4.78 is 0. The third kappa shape index (κ3) is 3.16. The second-order valence-corrected chi connectivity index (χ2v) is 5.24. The molecule has 0 aliphatic heterocycles. The van der Waals surface area contributed by atoms with E-state index in [9.17, 15) is 9.59 Å². The van der Waals surface area contributed by atoms with E-state index in [4.69, 9.17) is 5.26 Å². The van der Waals surface area contributed by atoms with E-state index in [-0.39, 0.29) is 0 Å². The van der Waals surface area contributed by atoms with Crippen molar-refractivity contribution in [2.45, 2.75) is 24.6 Å². The van der Waals surface area contributed by atoms with Crippen LogP contribution in [0.5, 0.6) is 0 Å². The summed E-state index contributed by atoms with van der Waals surface area (Å²) in [5.41, 5.74) is 1.71. The van der Waals surface area contributed by atoms with E-state index in [2.05, 4.69) is 21.0 Å². The van der Waals surface area contributed by atoms with E-state index in [0.717, 1.165) is 11.3 Å². The molecule has 0 bridgehead atoms. The molecule has 0 saturated carbocycles. The molecule has 2 aromatic rings. The number of nitriles is 1. The van der Waals surface area contributed by atoms with Crippen molar-refractivity contribution in [1.82, 2.24) is 15.0 Å². The van der Waals surface area contributed by atoms with Gasteiger partial charge in [0.1, 0.15) is 11.1 Å². The van der Waals surface area contributed by atoms with Crippen LogP contribution in [-0.2, 0) is 5.75 Å². The molecule has 2 rings (SSSR count). The lowest BCUT2D eigenvalue weighted by atomic mass is 10.1. The van der Waals surface area contributed by atoms with Crippen molar-refractivity contribution in [2.75, 3.05) is 0 Å². The first-order chi connectivity index (χ1) is 9.49. The fourth-order valence-electron chi connectivity index (χ4n) is 1.79. The zero-order valence-corrected chi connectivity index (χ0v) is 11.8. The van der Waals surface area contributed by atoms with Gasteiger partial charge in [-0.05, 0) is 25.5 Å². The highest BCUT2D eigenvalue weighted by molar-refractivity contribution is 7.98. The fourth-order valence-corrected chi connectivity index (χ4v) is 2.79. The number of hydrogen-bond donors (Lipinski definition) is 2. The van der Waals surface area contributed by atoms with Crippen LogP contribution in [0.4, 0.5) is 0 Å². The van der Waals surface area contributed by atoms with E-state index in [1.165, 1.54) is 17.8 Å². The summed E-state index contributed by atoms with van der Waals surface area (Å²) in [6.07, 6.45) is 0. The Morgan fingerprint density at radius 3 is 2.70 bits per heavy atom. The highest BCUT2D eigenvalue weighted by atomic mass is 32.2. The van der Waals surface area contributed by atoms with Crippen LogP contribution in [0.15, 0.2) is 26.7 Å². The SMILES string of the molecule is Cc1cc(C)c(C#N)c(SCc2cc(=O)[nH]c(=O)[nH]2)n1. The first kappa shape index (κ1) is 14.1. The number of aromatic nitrogens is 3. The van der Waals surface area contributed by atoms with Crippen molar-refractivity contribution in [3.05, 3.63) is 55.5 Å². The molecule has 20 heavy (non-hydrogen) atoms. The number of rotatable bonds is 3. The molecule has 0 fully saturated rings. The van der Waals surface area contributed by atoms with Crippen LogP contribution in [0, 0.1) is 25.2 Å². The predicted molar refractivity (Wildman–Crippen MR) is 75.7 cm³/mol. The van der Waals surface area contributed by atoms with Crippen molar-refractivity contribution in [3.63, 3.8) is 0 Å². The third-order valence-electron chi connectivity index (χ3n) is 2.60. The van der Waals surface area contributed by atoms with E-state index in [1.54, 1.807) is 0 Å². The van der Waals surface area contributed by atoms with Gasteiger partial charge in [-0.3, -0.25) is 9.78 Å². The molecule has 2 N–H and O–H groups in total. The lowest BCUT2D eigenvalue weighted by molar-refractivity contribution is 0.980. The van der Waals surface area contributed by atoms with Gasteiger partial charge in [-0.2, -0.15) is 5.26 Å². The molecule has 102 valence electrons. The van der Waals surface area contributed by atoms with Gasteiger partial charge in [0.05, 0.1) is 5.56 Å². The molecular formula is C13H12N4O2S. The van der Waals surface area contributed by atoms with Gasteiger partial charge in [0, 0.05) is 23.2 Å². The number of hydrogen-bond acceptors (Lipinski definition) is 5. The van der Waals surface area contributed by atoms with Gasteiger partial charge in [-0.15, -0.1) is 0 Å². The van der Waals surface area contributed by atoms with Crippen molar-refractivity contribution in [1.29, 1.82) is 5.26 Å². The average molecular weight is 288 g/mol. The molecule has 2 aromatic heterocycles. The molecule has 6 nitrogen and oxygen atoms in total. The third-order valence-corrected chi connectivity index (χ3v) is 3.63. The molecule has 0 radical (unpaired) electrons. The maximum Gasteiger partial charge on any atom is 0.325 e. The number of aromatic amines is 2. The summed E-state index contributed by atoms with van der Waals surface area (Å²) in [5, 5.41) is 9.76. The van der Waals surface area contributed by atoms with Crippen LogP contribution >= 0.6 is 11.8 Å². The quantitative estimate of drug-likeness (QED) is 0.827. The van der Waals surface area contributed by atoms with Gasteiger partial charge in [-0.1, -0.05) is 11.8 Å². The van der Waals surface area contributed by atoms with Crippen molar-refractivity contribution < 1.29 is 0 Å². The zero-order valence-electron chi connectivity index (χ0n) is 11.0. The number of nitrogens with one attached hydrogen (secondary N) is 2. The molecule has 0 aliphatic carbocycles. The summed E-state index contributed by atoms with van der Waals surface area (Å²) in [6.45, 7) is 3.71. The molecule has 0 spiro atoms. The molecule has 0 saturated heterocycles. The number of H-pyrrole nitrogens is 2. The molecule has 0 aliphatic rings. The van der Waals surface area contributed by atoms with Crippen LogP contribution in [0.1, 0.15) is 22.5 Å². The van der Waals surface area contributed by atoms with Crippen LogP contribution in [-0.4, -0.2) is 15.0 Å². The standard InChI is InChI=1S/C13H12N4O2S/c1-7-3-8(2)15-12(10(7)5-14)20-6-9-4-11(18)17-13(19)16-9/h3-4H,6H2,1-2H3,(H2,16,17,18,19). The topological polar surface area (TPSA) is 102 Å². The highest BCUT2D eigenvalue weighted by Crippen LogP contribution is 2.25. The van der Waals surface area contributed by atoms with Crippen LogP contribution in [0.2, 0.25) is 0 Å². The van der Waals surface area contributed by atoms with Crippen LogP contribution < -0.4 is 11.2 Å². The largest absolute Gasteiger partial charge is 0.325 e. The molecule has 0 atom stereocenters. The summed E-state index contributed by atoms with van der Waals surface area (Å²) in [6, 6.07) is 5.29. The number of nitrogens with zero attached hydrogens (tertiary/aromatic N) is 2. The Kier molecular flexibility index (Phi) is 4.05. The van der Waals surface area contributed by atoms with Crippen LogP contribution in [0.25, 0.3) is 0 Å².